The van der Waals surface area contributed by atoms with Crippen LogP contribution < -0.4 is 0 Å². The zero-order valence-electron chi connectivity index (χ0n) is 14.6. The SMILES string of the molecule is CC[C@H]1CCCCN1C(=O)c1ccc2nc(-c3ccccc3)cn2c1. The van der Waals surface area contributed by atoms with Crippen molar-refractivity contribution in [3.8, 4) is 11.3 Å². The fourth-order valence-electron chi connectivity index (χ4n) is 3.72. The number of likely N-dealkylation sites (tertiary alicyclic amines) is 1. The molecule has 4 rings (SSSR count). The highest BCUT2D eigenvalue weighted by molar-refractivity contribution is 5.94. The van der Waals surface area contributed by atoms with Crippen molar-refractivity contribution in [3.63, 3.8) is 0 Å². The zero-order chi connectivity index (χ0) is 17.2. The molecule has 3 heterocycles. The Labute approximate surface area is 148 Å². The molecule has 3 aromatic rings. The maximum Gasteiger partial charge on any atom is 0.255 e. The summed E-state index contributed by atoms with van der Waals surface area (Å²) in [4.78, 5) is 19.7. The van der Waals surface area contributed by atoms with E-state index in [1.807, 2.05) is 59.3 Å². The molecule has 1 aliphatic heterocycles. The molecule has 1 amide bonds. The molecule has 4 nitrogen and oxygen atoms in total. The van der Waals surface area contributed by atoms with Gasteiger partial charge >= 0.3 is 0 Å². The summed E-state index contributed by atoms with van der Waals surface area (Å²) >= 11 is 0. The minimum absolute atomic E-state index is 0.142. The smallest absolute Gasteiger partial charge is 0.255 e. The molecular formula is C21H23N3O. The molecule has 1 fully saturated rings. The van der Waals surface area contributed by atoms with Crippen molar-refractivity contribution in [1.82, 2.24) is 14.3 Å². The Morgan fingerprint density at radius 1 is 1.12 bits per heavy atom. The van der Waals surface area contributed by atoms with Gasteiger partial charge in [0.05, 0.1) is 11.3 Å². The van der Waals surface area contributed by atoms with E-state index in [4.69, 9.17) is 0 Å². The maximum absolute atomic E-state index is 13.0. The van der Waals surface area contributed by atoms with Gasteiger partial charge in [-0.05, 0) is 37.8 Å². The second-order valence-electron chi connectivity index (χ2n) is 6.73. The fraction of sp³-hybridized carbons (Fsp3) is 0.333. The van der Waals surface area contributed by atoms with Gasteiger partial charge in [0.2, 0.25) is 0 Å². The second-order valence-corrected chi connectivity index (χ2v) is 6.73. The van der Waals surface area contributed by atoms with Crippen LogP contribution in [0, 0.1) is 0 Å². The lowest BCUT2D eigenvalue weighted by atomic mass is 9.99. The van der Waals surface area contributed by atoms with Crippen LogP contribution in [0.15, 0.2) is 54.9 Å². The molecule has 0 unspecified atom stereocenters. The second kappa shape index (κ2) is 6.71. The van der Waals surface area contributed by atoms with Crippen LogP contribution >= 0.6 is 0 Å². The van der Waals surface area contributed by atoms with Crippen LogP contribution in [0.5, 0.6) is 0 Å². The minimum atomic E-state index is 0.142. The summed E-state index contributed by atoms with van der Waals surface area (Å²) in [5.74, 6) is 0.142. The average molecular weight is 333 g/mol. The first-order chi connectivity index (χ1) is 12.3. The largest absolute Gasteiger partial charge is 0.336 e. The molecule has 0 spiro atoms. The summed E-state index contributed by atoms with van der Waals surface area (Å²) in [6.07, 6.45) is 8.38. The number of carbonyl (C=O) groups excluding carboxylic acids is 1. The first-order valence-electron chi connectivity index (χ1n) is 9.11. The summed E-state index contributed by atoms with van der Waals surface area (Å²) in [5, 5.41) is 0. The van der Waals surface area contributed by atoms with E-state index >= 15 is 0 Å². The normalized spacial score (nSPS) is 17.8. The molecule has 0 N–H and O–H groups in total. The van der Waals surface area contributed by atoms with Crippen LogP contribution in [0.2, 0.25) is 0 Å². The average Bonchev–Trinajstić information content (AvgIpc) is 3.11. The van der Waals surface area contributed by atoms with Crippen molar-refractivity contribution >= 4 is 11.6 Å². The molecule has 1 atom stereocenters. The number of aromatic nitrogens is 2. The first kappa shape index (κ1) is 15.9. The van der Waals surface area contributed by atoms with Crippen molar-refractivity contribution in [1.29, 1.82) is 0 Å². The first-order valence-corrected chi connectivity index (χ1v) is 9.11. The zero-order valence-corrected chi connectivity index (χ0v) is 14.6. The number of carbonyl (C=O) groups is 1. The fourth-order valence-corrected chi connectivity index (χ4v) is 3.72. The highest BCUT2D eigenvalue weighted by Crippen LogP contribution is 2.23. The lowest BCUT2D eigenvalue weighted by Crippen LogP contribution is -2.43. The molecule has 25 heavy (non-hydrogen) atoms. The van der Waals surface area contributed by atoms with Gasteiger partial charge in [-0.3, -0.25) is 4.79 Å². The van der Waals surface area contributed by atoms with E-state index in [1.54, 1.807) is 0 Å². The predicted molar refractivity (Wildman–Crippen MR) is 99.6 cm³/mol. The van der Waals surface area contributed by atoms with Crippen LogP contribution in [0.3, 0.4) is 0 Å². The number of fused-ring (bicyclic) bond motifs is 1. The van der Waals surface area contributed by atoms with Crippen molar-refractivity contribution in [3.05, 3.63) is 60.4 Å². The van der Waals surface area contributed by atoms with Crippen LogP contribution in [0.4, 0.5) is 0 Å². The number of amides is 1. The van der Waals surface area contributed by atoms with Crippen LogP contribution in [-0.4, -0.2) is 32.8 Å². The van der Waals surface area contributed by atoms with Crippen LogP contribution in [-0.2, 0) is 0 Å². The van der Waals surface area contributed by atoms with E-state index in [9.17, 15) is 4.79 Å². The van der Waals surface area contributed by atoms with Gasteiger partial charge < -0.3 is 9.30 Å². The lowest BCUT2D eigenvalue weighted by molar-refractivity contribution is 0.0607. The van der Waals surface area contributed by atoms with Gasteiger partial charge in [0.25, 0.3) is 5.91 Å². The number of pyridine rings is 1. The standard InChI is InChI=1S/C21H23N3O/c1-2-18-10-6-7-13-24(18)21(25)17-11-12-20-22-19(15-23(20)14-17)16-8-4-3-5-9-16/h3-5,8-9,11-12,14-15,18H,2,6-7,10,13H2,1H3/t18-/m0/s1. The van der Waals surface area contributed by atoms with E-state index in [0.717, 1.165) is 48.3 Å². The summed E-state index contributed by atoms with van der Waals surface area (Å²) in [7, 11) is 0. The predicted octanol–water partition coefficient (Wildman–Crippen LogP) is 4.41. The highest BCUT2D eigenvalue weighted by Gasteiger charge is 2.26. The Hall–Kier alpha value is -2.62. The van der Waals surface area contributed by atoms with E-state index < -0.39 is 0 Å². The Bertz CT molecular complexity index is 885. The molecule has 4 heteroatoms. The molecule has 1 saturated heterocycles. The van der Waals surface area contributed by atoms with Crippen LogP contribution in [0.25, 0.3) is 16.9 Å². The van der Waals surface area contributed by atoms with Crippen molar-refractivity contribution in [2.24, 2.45) is 0 Å². The van der Waals surface area contributed by atoms with Gasteiger partial charge in [0, 0.05) is 30.5 Å². The van der Waals surface area contributed by atoms with E-state index in [0.29, 0.717) is 6.04 Å². The summed E-state index contributed by atoms with van der Waals surface area (Å²) in [6.45, 7) is 3.04. The number of hydrogen-bond acceptors (Lipinski definition) is 2. The number of rotatable bonds is 3. The molecule has 1 aliphatic rings. The summed E-state index contributed by atoms with van der Waals surface area (Å²) in [5.41, 5.74) is 3.61. The Morgan fingerprint density at radius 2 is 1.96 bits per heavy atom. The Balaban J connectivity index is 1.65. The lowest BCUT2D eigenvalue weighted by Gasteiger charge is -2.35. The topological polar surface area (TPSA) is 37.6 Å². The van der Waals surface area contributed by atoms with Gasteiger partial charge in [-0.25, -0.2) is 4.98 Å². The Kier molecular flexibility index (Phi) is 4.26. The minimum Gasteiger partial charge on any atom is -0.336 e. The van der Waals surface area contributed by atoms with Gasteiger partial charge in [-0.1, -0.05) is 37.3 Å². The van der Waals surface area contributed by atoms with Crippen molar-refractivity contribution in [2.75, 3.05) is 6.54 Å². The van der Waals surface area contributed by atoms with Gasteiger partial charge in [-0.15, -0.1) is 0 Å². The third-order valence-corrected chi connectivity index (χ3v) is 5.13. The molecule has 0 saturated carbocycles. The Morgan fingerprint density at radius 3 is 2.76 bits per heavy atom. The number of imidazole rings is 1. The van der Waals surface area contributed by atoms with E-state index in [-0.39, 0.29) is 5.91 Å². The van der Waals surface area contributed by atoms with Gasteiger partial charge in [0.1, 0.15) is 5.65 Å². The monoisotopic (exact) mass is 333 g/mol. The number of benzene rings is 1. The maximum atomic E-state index is 13.0. The molecular weight excluding hydrogens is 310 g/mol. The van der Waals surface area contributed by atoms with Crippen molar-refractivity contribution in [2.45, 2.75) is 38.6 Å². The molecule has 0 radical (unpaired) electrons. The van der Waals surface area contributed by atoms with Gasteiger partial charge in [-0.2, -0.15) is 0 Å². The molecule has 0 aliphatic carbocycles. The van der Waals surface area contributed by atoms with E-state index in [2.05, 4.69) is 16.8 Å². The molecule has 2 aromatic heterocycles. The van der Waals surface area contributed by atoms with Crippen molar-refractivity contribution < 1.29 is 4.79 Å². The number of nitrogens with zero attached hydrogens (tertiary/aromatic N) is 3. The number of piperidine rings is 1. The summed E-state index contributed by atoms with van der Waals surface area (Å²) < 4.78 is 1.96. The third kappa shape index (κ3) is 3.04. The molecule has 128 valence electrons. The number of hydrogen-bond donors (Lipinski definition) is 0. The van der Waals surface area contributed by atoms with Gasteiger partial charge in [0.15, 0.2) is 0 Å². The molecule has 0 bridgehead atoms. The third-order valence-electron chi connectivity index (χ3n) is 5.13. The quantitative estimate of drug-likeness (QED) is 0.712. The molecule has 1 aromatic carbocycles. The summed E-state index contributed by atoms with van der Waals surface area (Å²) in [6, 6.07) is 14.3. The van der Waals surface area contributed by atoms with E-state index in [1.165, 1.54) is 6.42 Å². The highest BCUT2D eigenvalue weighted by atomic mass is 16.2. The van der Waals surface area contributed by atoms with Crippen LogP contribution in [0.1, 0.15) is 43.0 Å².